The molecule has 2 amide bonds. The Morgan fingerprint density at radius 2 is 2.20 bits per heavy atom. The molecule has 0 bridgehead atoms. The summed E-state index contributed by atoms with van der Waals surface area (Å²) >= 11 is 0. The molecule has 1 aromatic carbocycles. The SMILES string of the molecule is NC(=O)CN1Cc2ccccc2OC1=O. The number of nitrogens with two attached hydrogens (primary N) is 1. The summed E-state index contributed by atoms with van der Waals surface area (Å²) in [4.78, 5) is 23.4. The van der Waals surface area contributed by atoms with Crippen LogP contribution < -0.4 is 10.5 Å². The Labute approximate surface area is 86.4 Å². The monoisotopic (exact) mass is 206 g/mol. The van der Waals surface area contributed by atoms with Gasteiger partial charge >= 0.3 is 6.09 Å². The van der Waals surface area contributed by atoms with Gasteiger partial charge in [0.2, 0.25) is 5.91 Å². The second-order valence-corrected chi connectivity index (χ2v) is 3.30. The second kappa shape index (κ2) is 3.61. The van der Waals surface area contributed by atoms with E-state index in [0.29, 0.717) is 12.3 Å². The van der Waals surface area contributed by atoms with E-state index in [1.165, 1.54) is 4.90 Å². The molecule has 5 nitrogen and oxygen atoms in total. The molecule has 0 saturated heterocycles. The summed E-state index contributed by atoms with van der Waals surface area (Å²) < 4.78 is 5.02. The maximum atomic E-state index is 11.4. The summed E-state index contributed by atoms with van der Waals surface area (Å²) in [6, 6.07) is 7.20. The van der Waals surface area contributed by atoms with Crippen LogP contribution >= 0.6 is 0 Å². The van der Waals surface area contributed by atoms with Gasteiger partial charge in [-0.3, -0.25) is 9.69 Å². The van der Waals surface area contributed by atoms with Gasteiger partial charge in [0, 0.05) is 5.56 Å². The predicted octanol–water partition coefficient (Wildman–Crippen LogP) is 0.486. The Morgan fingerprint density at radius 3 is 2.93 bits per heavy atom. The lowest BCUT2D eigenvalue weighted by atomic mass is 10.1. The van der Waals surface area contributed by atoms with Gasteiger partial charge in [-0.1, -0.05) is 18.2 Å². The molecule has 15 heavy (non-hydrogen) atoms. The Kier molecular flexibility index (Phi) is 2.29. The number of rotatable bonds is 2. The third-order valence-electron chi connectivity index (χ3n) is 2.14. The van der Waals surface area contributed by atoms with Crippen LogP contribution in [0, 0.1) is 0 Å². The number of carbonyl (C=O) groups is 2. The smallest absolute Gasteiger partial charge is 0.410 e. The second-order valence-electron chi connectivity index (χ2n) is 3.30. The maximum Gasteiger partial charge on any atom is 0.416 e. The van der Waals surface area contributed by atoms with Crippen LogP contribution in [0.2, 0.25) is 0 Å². The molecule has 0 fully saturated rings. The number of nitrogens with zero attached hydrogens (tertiary/aromatic N) is 1. The molecule has 0 atom stereocenters. The van der Waals surface area contributed by atoms with Gasteiger partial charge in [0.1, 0.15) is 12.3 Å². The van der Waals surface area contributed by atoms with Crippen LogP contribution in [0.25, 0.3) is 0 Å². The number of benzene rings is 1. The van der Waals surface area contributed by atoms with E-state index in [4.69, 9.17) is 10.5 Å². The summed E-state index contributed by atoms with van der Waals surface area (Å²) in [5.41, 5.74) is 5.89. The summed E-state index contributed by atoms with van der Waals surface area (Å²) in [5, 5.41) is 0. The van der Waals surface area contributed by atoms with Crippen LogP contribution in [0.15, 0.2) is 24.3 Å². The first-order valence-electron chi connectivity index (χ1n) is 4.50. The zero-order valence-corrected chi connectivity index (χ0v) is 7.97. The van der Waals surface area contributed by atoms with Crippen molar-refractivity contribution in [3.05, 3.63) is 29.8 Å². The number of carbonyl (C=O) groups excluding carboxylic acids is 2. The van der Waals surface area contributed by atoms with E-state index in [1.807, 2.05) is 12.1 Å². The minimum Gasteiger partial charge on any atom is -0.410 e. The standard InChI is InChI=1S/C10H10N2O3/c11-9(13)6-12-5-7-3-1-2-4-8(7)15-10(12)14/h1-4H,5-6H2,(H2,11,13). The highest BCUT2D eigenvalue weighted by molar-refractivity contribution is 5.82. The first-order chi connectivity index (χ1) is 7.16. The van der Waals surface area contributed by atoms with Crippen molar-refractivity contribution in [2.24, 2.45) is 5.73 Å². The van der Waals surface area contributed by atoms with Crippen molar-refractivity contribution in [1.82, 2.24) is 4.90 Å². The third-order valence-corrected chi connectivity index (χ3v) is 2.14. The van der Waals surface area contributed by atoms with Crippen LogP contribution in [0.5, 0.6) is 5.75 Å². The van der Waals surface area contributed by atoms with Crippen molar-refractivity contribution < 1.29 is 14.3 Å². The highest BCUT2D eigenvalue weighted by Crippen LogP contribution is 2.24. The molecule has 1 heterocycles. The van der Waals surface area contributed by atoms with Crippen LogP contribution in [0.1, 0.15) is 5.56 Å². The molecule has 2 N–H and O–H groups in total. The Balaban J connectivity index is 2.22. The Morgan fingerprint density at radius 1 is 1.47 bits per heavy atom. The lowest BCUT2D eigenvalue weighted by molar-refractivity contribution is -0.119. The third kappa shape index (κ3) is 1.90. The maximum absolute atomic E-state index is 11.4. The average molecular weight is 206 g/mol. The molecule has 2 rings (SSSR count). The summed E-state index contributed by atoms with van der Waals surface area (Å²) in [6.07, 6.45) is -0.535. The number of hydrogen-bond donors (Lipinski definition) is 1. The lowest BCUT2D eigenvalue weighted by Gasteiger charge is -2.26. The molecule has 1 aliphatic rings. The number of ether oxygens (including phenoxy) is 1. The lowest BCUT2D eigenvalue weighted by Crippen LogP contribution is -2.42. The normalized spacial score (nSPS) is 14.4. The fourth-order valence-corrected chi connectivity index (χ4v) is 1.47. The zero-order valence-electron chi connectivity index (χ0n) is 7.97. The molecule has 1 aliphatic heterocycles. The van der Waals surface area contributed by atoms with Crippen LogP contribution in [-0.4, -0.2) is 23.4 Å². The number of amides is 2. The topological polar surface area (TPSA) is 72.6 Å². The van der Waals surface area contributed by atoms with Gasteiger partial charge in [-0.05, 0) is 6.07 Å². The van der Waals surface area contributed by atoms with Gasteiger partial charge in [0.15, 0.2) is 0 Å². The molecule has 5 heteroatoms. The van der Waals surface area contributed by atoms with Gasteiger partial charge in [0.05, 0.1) is 6.54 Å². The van der Waals surface area contributed by atoms with Gasteiger partial charge in [-0.15, -0.1) is 0 Å². The minimum atomic E-state index is -0.550. The van der Waals surface area contributed by atoms with E-state index in [9.17, 15) is 9.59 Å². The van der Waals surface area contributed by atoms with Gasteiger partial charge in [-0.2, -0.15) is 0 Å². The fraction of sp³-hybridized carbons (Fsp3) is 0.200. The van der Waals surface area contributed by atoms with E-state index in [2.05, 4.69) is 0 Å². The molecule has 78 valence electrons. The Hall–Kier alpha value is -2.04. The summed E-state index contributed by atoms with van der Waals surface area (Å²) in [5.74, 6) is -0.00504. The minimum absolute atomic E-state index is 0.118. The van der Waals surface area contributed by atoms with Gasteiger partial charge in [0.25, 0.3) is 0 Å². The number of primary amides is 1. The summed E-state index contributed by atoms with van der Waals surface area (Å²) in [7, 11) is 0. The van der Waals surface area contributed by atoms with Crippen molar-refractivity contribution in [2.45, 2.75) is 6.54 Å². The number of fused-ring (bicyclic) bond motifs is 1. The average Bonchev–Trinajstić information content (AvgIpc) is 2.18. The van der Waals surface area contributed by atoms with Gasteiger partial charge < -0.3 is 10.5 Å². The van der Waals surface area contributed by atoms with E-state index >= 15 is 0 Å². The van der Waals surface area contributed by atoms with E-state index in [-0.39, 0.29) is 6.54 Å². The molecular weight excluding hydrogens is 196 g/mol. The largest absolute Gasteiger partial charge is 0.416 e. The first-order valence-corrected chi connectivity index (χ1v) is 4.50. The summed E-state index contributed by atoms with van der Waals surface area (Å²) in [6.45, 7) is 0.241. The highest BCUT2D eigenvalue weighted by Gasteiger charge is 2.25. The molecule has 0 aliphatic carbocycles. The number of para-hydroxylation sites is 1. The molecule has 0 spiro atoms. The zero-order chi connectivity index (χ0) is 10.8. The van der Waals surface area contributed by atoms with Crippen molar-refractivity contribution in [3.63, 3.8) is 0 Å². The van der Waals surface area contributed by atoms with Crippen molar-refractivity contribution >= 4 is 12.0 Å². The van der Waals surface area contributed by atoms with Crippen LogP contribution in [0.3, 0.4) is 0 Å². The van der Waals surface area contributed by atoms with Gasteiger partial charge in [-0.25, -0.2) is 4.79 Å². The van der Waals surface area contributed by atoms with Crippen LogP contribution in [0.4, 0.5) is 4.79 Å². The fourth-order valence-electron chi connectivity index (χ4n) is 1.47. The Bertz CT molecular complexity index is 417. The first kappa shape index (κ1) is 9.51. The molecule has 1 aromatic rings. The number of hydrogen-bond acceptors (Lipinski definition) is 3. The van der Waals surface area contributed by atoms with Crippen molar-refractivity contribution in [2.75, 3.05) is 6.54 Å². The van der Waals surface area contributed by atoms with Crippen molar-refractivity contribution in [1.29, 1.82) is 0 Å². The van der Waals surface area contributed by atoms with E-state index < -0.39 is 12.0 Å². The molecule has 0 unspecified atom stereocenters. The van der Waals surface area contributed by atoms with Crippen molar-refractivity contribution in [3.8, 4) is 5.75 Å². The highest BCUT2D eigenvalue weighted by atomic mass is 16.6. The molecule has 0 aromatic heterocycles. The molecular formula is C10H10N2O3. The predicted molar refractivity (Wildman–Crippen MR) is 52.1 cm³/mol. The quantitative estimate of drug-likeness (QED) is 0.765. The van der Waals surface area contributed by atoms with Crippen LogP contribution in [-0.2, 0) is 11.3 Å². The van der Waals surface area contributed by atoms with E-state index in [0.717, 1.165) is 5.56 Å². The van der Waals surface area contributed by atoms with E-state index in [1.54, 1.807) is 12.1 Å². The molecule has 0 radical (unpaired) electrons. The molecule has 0 saturated carbocycles.